The van der Waals surface area contributed by atoms with Crippen LogP contribution in [0, 0.1) is 5.92 Å². The first kappa shape index (κ1) is 15.0. The molecule has 7 nitrogen and oxygen atoms in total. The zero-order chi connectivity index (χ0) is 14.4. The fourth-order valence-electron chi connectivity index (χ4n) is 1.69. The number of anilines is 1. The Balaban J connectivity index is 2.53. The van der Waals surface area contributed by atoms with Gasteiger partial charge in [0, 0.05) is 19.8 Å². The lowest BCUT2D eigenvalue weighted by Crippen LogP contribution is -2.35. The van der Waals surface area contributed by atoms with Crippen molar-refractivity contribution < 1.29 is 14.7 Å². The number of aryl methyl sites for hydroxylation is 2. The fourth-order valence-corrected chi connectivity index (χ4v) is 1.69. The van der Waals surface area contributed by atoms with E-state index in [2.05, 4.69) is 15.7 Å². The van der Waals surface area contributed by atoms with Crippen LogP contribution < -0.4 is 10.6 Å². The van der Waals surface area contributed by atoms with E-state index in [-0.39, 0.29) is 6.54 Å². The average molecular weight is 268 g/mol. The van der Waals surface area contributed by atoms with E-state index in [4.69, 9.17) is 5.11 Å². The van der Waals surface area contributed by atoms with Crippen LogP contribution in [0.1, 0.15) is 26.0 Å². The Kier molecular flexibility index (Phi) is 5.35. The number of aliphatic carboxylic acids is 1. The Morgan fingerprint density at radius 3 is 2.68 bits per heavy atom. The number of nitrogens with one attached hydrogen (secondary N) is 2. The second kappa shape index (κ2) is 6.77. The summed E-state index contributed by atoms with van der Waals surface area (Å²) in [6.07, 6.45) is 2.90. The van der Waals surface area contributed by atoms with E-state index >= 15 is 0 Å². The van der Waals surface area contributed by atoms with Gasteiger partial charge in [0.05, 0.1) is 17.3 Å². The monoisotopic (exact) mass is 268 g/mol. The number of urea groups is 1. The SMILES string of the molecule is CCc1nn(C)cc1NC(=O)NCC(CC)C(=O)O. The van der Waals surface area contributed by atoms with Gasteiger partial charge in [0.2, 0.25) is 0 Å². The van der Waals surface area contributed by atoms with Crippen molar-refractivity contribution in [2.24, 2.45) is 13.0 Å². The van der Waals surface area contributed by atoms with Crippen molar-refractivity contribution in [3.8, 4) is 0 Å². The molecule has 0 radical (unpaired) electrons. The van der Waals surface area contributed by atoms with Crippen LogP contribution >= 0.6 is 0 Å². The largest absolute Gasteiger partial charge is 0.481 e. The van der Waals surface area contributed by atoms with Gasteiger partial charge in [-0.05, 0) is 12.8 Å². The Morgan fingerprint density at radius 1 is 1.47 bits per heavy atom. The third-order valence-corrected chi connectivity index (χ3v) is 2.84. The number of hydrogen-bond donors (Lipinski definition) is 3. The molecule has 0 saturated carbocycles. The number of carboxylic acids is 1. The molecule has 1 rings (SSSR count). The molecule has 2 amide bonds. The van der Waals surface area contributed by atoms with Gasteiger partial charge in [0.1, 0.15) is 0 Å². The molecule has 0 spiro atoms. The molecule has 0 aliphatic heterocycles. The molecule has 0 fully saturated rings. The molecule has 106 valence electrons. The van der Waals surface area contributed by atoms with Crippen molar-refractivity contribution in [3.63, 3.8) is 0 Å². The van der Waals surface area contributed by atoms with E-state index in [1.165, 1.54) is 0 Å². The van der Waals surface area contributed by atoms with Gasteiger partial charge in [-0.25, -0.2) is 4.79 Å². The van der Waals surface area contributed by atoms with Crippen LogP contribution in [-0.4, -0.2) is 33.4 Å². The molecular formula is C12H20N4O3. The van der Waals surface area contributed by atoms with E-state index < -0.39 is 17.9 Å². The molecule has 1 atom stereocenters. The standard InChI is InChI=1S/C12H20N4O3/c1-4-8(11(17)18)6-13-12(19)14-10-7-16(3)15-9(10)5-2/h7-8H,4-6H2,1-3H3,(H,17,18)(H2,13,14,19). The number of hydrogen-bond acceptors (Lipinski definition) is 3. The van der Waals surface area contributed by atoms with Crippen molar-refractivity contribution in [2.45, 2.75) is 26.7 Å². The lowest BCUT2D eigenvalue weighted by Gasteiger charge is -2.11. The average Bonchev–Trinajstić information content (AvgIpc) is 2.69. The fraction of sp³-hybridized carbons (Fsp3) is 0.583. The summed E-state index contributed by atoms with van der Waals surface area (Å²) in [4.78, 5) is 22.5. The third-order valence-electron chi connectivity index (χ3n) is 2.84. The van der Waals surface area contributed by atoms with Gasteiger partial charge in [-0.2, -0.15) is 5.10 Å². The lowest BCUT2D eigenvalue weighted by molar-refractivity contribution is -0.141. The highest BCUT2D eigenvalue weighted by atomic mass is 16.4. The molecule has 1 aromatic rings. The number of carbonyl (C=O) groups excluding carboxylic acids is 1. The highest BCUT2D eigenvalue weighted by Gasteiger charge is 2.16. The molecule has 0 bridgehead atoms. The molecule has 0 aliphatic carbocycles. The van der Waals surface area contributed by atoms with Crippen LogP contribution in [-0.2, 0) is 18.3 Å². The van der Waals surface area contributed by atoms with Gasteiger partial charge in [0.15, 0.2) is 0 Å². The predicted octanol–water partition coefficient (Wildman–Crippen LogP) is 1.21. The van der Waals surface area contributed by atoms with Crippen LogP contribution in [0.3, 0.4) is 0 Å². The van der Waals surface area contributed by atoms with Gasteiger partial charge in [0.25, 0.3) is 0 Å². The number of rotatable bonds is 6. The summed E-state index contributed by atoms with van der Waals surface area (Å²) in [5, 5.41) is 18.3. The molecule has 7 heteroatoms. The highest BCUT2D eigenvalue weighted by molar-refractivity contribution is 5.90. The minimum absolute atomic E-state index is 0.111. The zero-order valence-corrected chi connectivity index (χ0v) is 11.4. The quantitative estimate of drug-likeness (QED) is 0.722. The number of nitrogens with zero attached hydrogens (tertiary/aromatic N) is 2. The maximum Gasteiger partial charge on any atom is 0.319 e. The first-order valence-electron chi connectivity index (χ1n) is 6.28. The maximum absolute atomic E-state index is 11.7. The van der Waals surface area contributed by atoms with Gasteiger partial charge in [-0.3, -0.25) is 9.48 Å². The van der Waals surface area contributed by atoms with Crippen molar-refractivity contribution in [1.29, 1.82) is 0 Å². The summed E-state index contributed by atoms with van der Waals surface area (Å²) in [6.45, 7) is 3.83. The minimum atomic E-state index is -0.904. The minimum Gasteiger partial charge on any atom is -0.481 e. The van der Waals surface area contributed by atoms with Crippen LogP contribution in [0.5, 0.6) is 0 Å². The molecule has 1 unspecified atom stereocenters. The maximum atomic E-state index is 11.7. The Morgan fingerprint density at radius 2 is 2.16 bits per heavy atom. The van der Waals surface area contributed by atoms with E-state index in [1.54, 1.807) is 24.9 Å². The smallest absolute Gasteiger partial charge is 0.319 e. The van der Waals surface area contributed by atoms with Gasteiger partial charge in [-0.15, -0.1) is 0 Å². The van der Waals surface area contributed by atoms with Crippen LogP contribution in [0.15, 0.2) is 6.20 Å². The van der Waals surface area contributed by atoms with Gasteiger partial charge < -0.3 is 15.7 Å². The van der Waals surface area contributed by atoms with E-state index in [0.717, 1.165) is 5.69 Å². The van der Waals surface area contributed by atoms with E-state index in [0.29, 0.717) is 18.5 Å². The highest BCUT2D eigenvalue weighted by Crippen LogP contribution is 2.13. The normalized spacial score (nSPS) is 11.9. The molecule has 19 heavy (non-hydrogen) atoms. The lowest BCUT2D eigenvalue weighted by atomic mass is 10.1. The first-order chi connectivity index (χ1) is 8.97. The number of carbonyl (C=O) groups is 2. The van der Waals surface area contributed by atoms with Gasteiger partial charge in [-0.1, -0.05) is 13.8 Å². The van der Waals surface area contributed by atoms with E-state index in [1.807, 2.05) is 6.92 Å². The molecule has 1 aromatic heterocycles. The molecule has 0 saturated heterocycles. The van der Waals surface area contributed by atoms with Crippen LogP contribution in [0.4, 0.5) is 10.5 Å². The first-order valence-corrected chi connectivity index (χ1v) is 6.28. The molecule has 0 aromatic carbocycles. The number of carboxylic acid groups (broad SMARTS) is 1. The topological polar surface area (TPSA) is 96.3 Å². The Hall–Kier alpha value is -2.05. The summed E-state index contributed by atoms with van der Waals surface area (Å²) in [6, 6.07) is -0.414. The number of amides is 2. The molecule has 3 N–H and O–H groups in total. The second-order valence-electron chi connectivity index (χ2n) is 4.30. The van der Waals surface area contributed by atoms with Crippen molar-refractivity contribution >= 4 is 17.7 Å². The molecule has 0 aliphatic rings. The summed E-state index contributed by atoms with van der Waals surface area (Å²) >= 11 is 0. The Labute approximate surface area is 112 Å². The van der Waals surface area contributed by atoms with Crippen molar-refractivity contribution in [3.05, 3.63) is 11.9 Å². The van der Waals surface area contributed by atoms with Crippen molar-refractivity contribution in [1.82, 2.24) is 15.1 Å². The number of aromatic nitrogens is 2. The van der Waals surface area contributed by atoms with Crippen molar-refractivity contribution in [2.75, 3.05) is 11.9 Å². The van der Waals surface area contributed by atoms with Crippen LogP contribution in [0.2, 0.25) is 0 Å². The summed E-state index contributed by atoms with van der Waals surface area (Å²) in [5.74, 6) is -1.47. The summed E-state index contributed by atoms with van der Waals surface area (Å²) < 4.78 is 1.63. The zero-order valence-electron chi connectivity index (χ0n) is 11.4. The second-order valence-corrected chi connectivity index (χ2v) is 4.30. The van der Waals surface area contributed by atoms with Gasteiger partial charge >= 0.3 is 12.0 Å². The Bertz CT molecular complexity index is 456. The summed E-state index contributed by atoms with van der Waals surface area (Å²) in [5.41, 5.74) is 1.44. The third kappa shape index (κ3) is 4.27. The van der Waals surface area contributed by atoms with Crippen LogP contribution in [0.25, 0.3) is 0 Å². The predicted molar refractivity (Wildman–Crippen MR) is 71.0 cm³/mol. The molecule has 1 heterocycles. The molecular weight excluding hydrogens is 248 g/mol. The van der Waals surface area contributed by atoms with E-state index in [9.17, 15) is 9.59 Å². The summed E-state index contributed by atoms with van der Waals surface area (Å²) in [7, 11) is 1.78.